The van der Waals surface area contributed by atoms with Crippen molar-refractivity contribution < 1.29 is 22.7 Å². The Kier molecular flexibility index (Phi) is 5.73. The maximum Gasteiger partial charge on any atom is 0.258 e. The number of anilines is 1. The molecule has 7 nitrogen and oxygen atoms in total. The first-order chi connectivity index (χ1) is 16.8. The van der Waals surface area contributed by atoms with Gasteiger partial charge in [-0.3, -0.25) is 4.79 Å². The minimum Gasteiger partial charge on any atom is -0.489 e. The van der Waals surface area contributed by atoms with Crippen molar-refractivity contribution in [2.45, 2.75) is 56.4 Å². The molecule has 2 bridgehead atoms. The lowest BCUT2D eigenvalue weighted by Crippen LogP contribution is -2.45. The Balaban J connectivity index is 1.13. The zero-order valence-electron chi connectivity index (χ0n) is 19.7. The van der Waals surface area contributed by atoms with Crippen LogP contribution in [0.15, 0.2) is 36.4 Å². The van der Waals surface area contributed by atoms with E-state index < -0.39 is 9.84 Å². The van der Waals surface area contributed by atoms with Gasteiger partial charge in [-0.15, -0.1) is 0 Å². The van der Waals surface area contributed by atoms with Crippen molar-refractivity contribution in [3.8, 4) is 11.5 Å². The predicted molar refractivity (Wildman–Crippen MR) is 135 cm³/mol. The van der Waals surface area contributed by atoms with Crippen molar-refractivity contribution in [3.05, 3.63) is 52.5 Å². The summed E-state index contributed by atoms with van der Waals surface area (Å²) >= 11 is 6.61. The van der Waals surface area contributed by atoms with E-state index in [1.54, 1.807) is 17.0 Å². The second-order valence-electron chi connectivity index (χ2n) is 10.2. The van der Waals surface area contributed by atoms with Crippen LogP contribution in [0.1, 0.15) is 41.6 Å². The van der Waals surface area contributed by atoms with Gasteiger partial charge in [0.1, 0.15) is 23.7 Å². The van der Waals surface area contributed by atoms with Crippen LogP contribution in [0.3, 0.4) is 0 Å². The molecule has 0 saturated carbocycles. The minimum absolute atomic E-state index is 0.0518. The van der Waals surface area contributed by atoms with Gasteiger partial charge < -0.3 is 19.3 Å². The highest BCUT2D eigenvalue weighted by atomic mass is 35.5. The predicted octanol–water partition coefficient (Wildman–Crippen LogP) is 3.72. The Morgan fingerprint density at radius 3 is 2.40 bits per heavy atom. The largest absolute Gasteiger partial charge is 0.489 e. The molecule has 0 radical (unpaired) electrons. The lowest BCUT2D eigenvalue weighted by molar-refractivity contribution is 0.0662. The van der Waals surface area contributed by atoms with Crippen LogP contribution in [0, 0.1) is 0 Å². The Hall–Kier alpha value is -2.29. The van der Waals surface area contributed by atoms with Gasteiger partial charge in [-0.25, -0.2) is 8.42 Å². The van der Waals surface area contributed by atoms with Crippen molar-refractivity contribution in [1.82, 2.24) is 4.90 Å². The molecule has 186 valence electrons. The third-order valence-corrected chi connectivity index (χ3v) is 9.97. The van der Waals surface area contributed by atoms with Gasteiger partial charge in [0.15, 0.2) is 9.84 Å². The number of sulfone groups is 1. The summed E-state index contributed by atoms with van der Waals surface area (Å²) in [5, 5.41) is 0.520. The fraction of sp³-hybridized carbons (Fsp3) is 0.500. The molecule has 0 N–H and O–H groups in total. The molecule has 6 rings (SSSR count). The van der Waals surface area contributed by atoms with E-state index in [1.165, 1.54) is 12.8 Å². The number of rotatable bonds is 5. The number of carbonyl (C=O) groups excluding carboxylic acids is 1. The molecule has 3 atom stereocenters. The van der Waals surface area contributed by atoms with E-state index in [0.717, 1.165) is 24.1 Å². The summed E-state index contributed by atoms with van der Waals surface area (Å²) < 4.78 is 34.8. The number of hydrogen-bond donors (Lipinski definition) is 0. The van der Waals surface area contributed by atoms with Crippen LogP contribution < -0.4 is 14.4 Å². The van der Waals surface area contributed by atoms with E-state index in [2.05, 4.69) is 11.9 Å². The Labute approximate surface area is 210 Å². The van der Waals surface area contributed by atoms with Crippen LogP contribution >= 0.6 is 11.6 Å². The molecule has 0 unspecified atom stereocenters. The van der Waals surface area contributed by atoms with Crippen LogP contribution in [-0.4, -0.2) is 68.6 Å². The quantitative estimate of drug-likeness (QED) is 0.603. The van der Waals surface area contributed by atoms with Gasteiger partial charge in [0.25, 0.3) is 5.91 Å². The molecule has 0 spiro atoms. The average molecular weight is 517 g/mol. The van der Waals surface area contributed by atoms with E-state index >= 15 is 0 Å². The highest BCUT2D eigenvalue weighted by Gasteiger charge is 2.39. The highest BCUT2D eigenvalue weighted by molar-refractivity contribution is 7.92. The van der Waals surface area contributed by atoms with E-state index in [1.807, 2.05) is 24.3 Å². The second kappa shape index (κ2) is 8.68. The number of nitrogens with zero attached hydrogens (tertiary/aromatic N) is 2. The molecule has 4 aliphatic heterocycles. The average Bonchev–Trinajstić information content (AvgIpc) is 3.00. The fourth-order valence-corrected chi connectivity index (χ4v) is 7.34. The van der Waals surface area contributed by atoms with Crippen LogP contribution in [0.25, 0.3) is 0 Å². The molecule has 9 heteroatoms. The zero-order valence-corrected chi connectivity index (χ0v) is 21.2. The molecule has 35 heavy (non-hydrogen) atoms. The molecular formula is C26H29ClN2O5S. The van der Waals surface area contributed by atoms with E-state index in [4.69, 9.17) is 21.1 Å². The van der Waals surface area contributed by atoms with Crippen LogP contribution in [0.2, 0.25) is 5.02 Å². The van der Waals surface area contributed by atoms with Crippen molar-refractivity contribution in [2.75, 3.05) is 30.0 Å². The SMILES string of the molecule is CN1[C@@H]2CC[C@H]1C[C@@H](Oc1ccc(N3CCc4cc(OC5CS(=O)(=O)C5)ccc4C3=O)cc1Cl)C2. The first-order valence-electron chi connectivity index (χ1n) is 12.3. The first kappa shape index (κ1) is 23.1. The van der Waals surface area contributed by atoms with E-state index in [9.17, 15) is 13.2 Å². The summed E-state index contributed by atoms with van der Waals surface area (Å²) in [7, 11) is -0.731. The third kappa shape index (κ3) is 4.41. The van der Waals surface area contributed by atoms with Crippen LogP contribution in [0.4, 0.5) is 5.69 Å². The number of benzene rings is 2. The lowest BCUT2D eigenvalue weighted by atomic mass is 9.98. The topological polar surface area (TPSA) is 76.2 Å². The van der Waals surface area contributed by atoms with Gasteiger partial charge in [0.2, 0.25) is 0 Å². The molecule has 0 aromatic heterocycles. The van der Waals surface area contributed by atoms with Crippen molar-refractivity contribution in [2.24, 2.45) is 0 Å². The number of amides is 1. The number of hydrogen-bond acceptors (Lipinski definition) is 6. The first-order valence-corrected chi connectivity index (χ1v) is 14.5. The van der Waals surface area contributed by atoms with Crippen LogP contribution in [-0.2, 0) is 16.3 Å². The minimum atomic E-state index is -2.94. The molecule has 3 fully saturated rings. The monoisotopic (exact) mass is 516 g/mol. The Bertz CT molecular complexity index is 1260. The maximum absolute atomic E-state index is 13.3. The molecule has 4 heterocycles. The van der Waals surface area contributed by atoms with Gasteiger partial charge in [-0.2, -0.15) is 0 Å². The lowest BCUT2D eigenvalue weighted by Gasteiger charge is -2.36. The van der Waals surface area contributed by atoms with Gasteiger partial charge in [0, 0.05) is 29.9 Å². The van der Waals surface area contributed by atoms with Crippen molar-refractivity contribution in [1.29, 1.82) is 0 Å². The molecule has 2 aromatic rings. The smallest absolute Gasteiger partial charge is 0.258 e. The van der Waals surface area contributed by atoms with Crippen molar-refractivity contribution >= 4 is 33.0 Å². The number of fused-ring (bicyclic) bond motifs is 3. The Morgan fingerprint density at radius 1 is 0.971 bits per heavy atom. The third-order valence-electron chi connectivity index (χ3n) is 7.92. The number of halogens is 1. The van der Waals surface area contributed by atoms with Crippen molar-refractivity contribution in [3.63, 3.8) is 0 Å². The van der Waals surface area contributed by atoms with Gasteiger partial charge in [-0.05, 0) is 81.1 Å². The summed E-state index contributed by atoms with van der Waals surface area (Å²) in [5.41, 5.74) is 2.29. The van der Waals surface area contributed by atoms with Gasteiger partial charge >= 0.3 is 0 Å². The van der Waals surface area contributed by atoms with Crippen LogP contribution in [0.5, 0.6) is 11.5 Å². The molecular weight excluding hydrogens is 488 g/mol. The summed E-state index contributed by atoms with van der Waals surface area (Å²) in [6.07, 6.45) is 5.07. The van der Waals surface area contributed by atoms with Gasteiger partial charge in [0.05, 0.1) is 16.5 Å². The van der Waals surface area contributed by atoms with E-state index in [0.29, 0.717) is 47.1 Å². The molecule has 3 saturated heterocycles. The summed E-state index contributed by atoms with van der Waals surface area (Å²) in [5.74, 6) is 1.30. The molecule has 4 aliphatic rings. The molecule has 1 amide bonds. The maximum atomic E-state index is 13.3. The molecule has 2 aromatic carbocycles. The number of piperidine rings is 1. The normalized spacial score (nSPS) is 27.9. The second-order valence-corrected chi connectivity index (χ2v) is 12.8. The summed E-state index contributed by atoms with van der Waals surface area (Å²) in [4.78, 5) is 17.5. The summed E-state index contributed by atoms with van der Waals surface area (Å²) in [6, 6.07) is 12.1. The number of carbonyl (C=O) groups is 1. The summed E-state index contributed by atoms with van der Waals surface area (Å²) in [6.45, 7) is 0.530. The zero-order chi connectivity index (χ0) is 24.3. The Morgan fingerprint density at radius 2 is 1.71 bits per heavy atom. The number of ether oxygens (including phenoxy) is 2. The molecule has 0 aliphatic carbocycles. The standard InChI is InChI=1S/C26H29ClN2O5S/c1-28-17-2-3-18(28)12-21(11-17)34-25-7-4-19(13-24(25)27)29-9-8-16-10-20(5-6-23(16)26(29)30)33-22-14-35(31,32)15-22/h4-7,10,13,17-18,21-22H,2-3,8-9,11-12,14-15H2,1H3/t17-,18+,21+. The fourth-order valence-electron chi connectivity index (χ4n) is 5.95. The van der Waals surface area contributed by atoms with E-state index in [-0.39, 0.29) is 29.6 Å². The highest BCUT2D eigenvalue weighted by Crippen LogP contribution is 2.38. The van der Waals surface area contributed by atoms with Gasteiger partial charge in [-0.1, -0.05) is 11.6 Å².